The molecule has 4 aromatic rings. The number of aromatic nitrogens is 2. The number of nitriles is 1. The van der Waals surface area contributed by atoms with Crippen molar-refractivity contribution in [3.63, 3.8) is 0 Å². The van der Waals surface area contributed by atoms with Gasteiger partial charge in [-0.2, -0.15) is 5.26 Å². The Kier molecular flexibility index (Phi) is 9.93. The lowest BCUT2D eigenvalue weighted by molar-refractivity contribution is -0.137. The summed E-state index contributed by atoms with van der Waals surface area (Å²) in [5.41, 5.74) is 9.86. The molecule has 0 unspecified atom stereocenters. The standard InChI is InChI=1S/C35H38N4O3/c1-23(2)29-10-9-26(5)33(17-29)32-11-8-24(3)15-30(32)22-39(21-28-14-25(4)13-27(16-28)18-36)35-37-19-31(20-38-35)42-12-6-7-34(40)41/h8-11,13-17,19-20,23H,6-7,12,21-22H2,1-5H3,(H,40,41). The number of rotatable bonds is 12. The van der Waals surface area contributed by atoms with E-state index in [0.717, 1.165) is 16.7 Å². The molecule has 42 heavy (non-hydrogen) atoms. The molecule has 0 radical (unpaired) electrons. The van der Waals surface area contributed by atoms with Gasteiger partial charge in [-0.15, -0.1) is 0 Å². The number of ether oxygens (including phenoxy) is 1. The summed E-state index contributed by atoms with van der Waals surface area (Å²) in [7, 11) is 0. The number of hydrogen-bond donors (Lipinski definition) is 1. The monoisotopic (exact) mass is 562 g/mol. The molecule has 0 saturated heterocycles. The Bertz CT molecular complexity index is 1590. The molecule has 216 valence electrons. The van der Waals surface area contributed by atoms with Crippen LogP contribution in [0.1, 0.15) is 71.6 Å². The summed E-state index contributed by atoms with van der Waals surface area (Å²) in [6, 6.07) is 21.4. The predicted molar refractivity (Wildman–Crippen MR) is 166 cm³/mol. The molecule has 0 aliphatic carbocycles. The molecule has 0 saturated carbocycles. The number of benzene rings is 3. The van der Waals surface area contributed by atoms with Crippen LogP contribution in [0.2, 0.25) is 0 Å². The van der Waals surface area contributed by atoms with Gasteiger partial charge in [0.2, 0.25) is 5.95 Å². The van der Waals surface area contributed by atoms with Crippen molar-refractivity contribution in [2.24, 2.45) is 0 Å². The molecule has 4 rings (SSSR count). The fourth-order valence-corrected chi connectivity index (χ4v) is 5.01. The molecule has 0 amide bonds. The maximum Gasteiger partial charge on any atom is 0.303 e. The largest absolute Gasteiger partial charge is 0.490 e. The minimum Gasteiger partial charge on any atom is -0.490 e. The summed E-state index contributed by atoms with van der Waals surface area (Å²) in [5.74, 6) is 0.596. The molecule has 7 heteroatoms. The lowest BCUT2D eigenvalue weighted by Gasteiger charge is -2.25. The van der Waals surface area contributed by atoms with Crippen LogP contribution in [0, 0.1) is 32.1 Å². The van der Waals surface area contributed by atoms with Crippen LogP contribution in [0.25, 0.3) is 11.1 Å². The Morgan fingerprint density at radius 2 is 1.71 bits per heavy atom. The van der Waals surface area contributed by atoms with Crippen molar-refractivity contribution in [1.82, 2.24) is 9.97 Å². The number of aliphatic carboxylic acids is 1. The van der Waals surface area contributed by atoms with Crippen molar-refractivity contribution in [2.45, 2.75) is 66.5 Å². The molecular weight excluding hydrogens is 524 g/mol. The van der Waals surface area contributed by atoms with Gasteiger partial charge in [-0.25, -0.2) is 9.97 Å². The smallest absolute Gasteiger partial charge is 0.303 e. The van der Waals surface area contributed by atoms with Crippen molar-refractivity contribution in [2.75, 3.05) is 11.5 Å². The third-order valence-electron chi connectivity index (χ3n) is 7.18. The van der Waals surface area contributed by atoms with Crippen molar-refractivity contribution < 1.29 is 14.6 Å². The minimum atomic E-state index is -0.849. The zero-order valence-corrected chi connectivity index (χ0v) is 25.0. The third kappa shape index (κ3) is 7.94. The van der Waals surface area contributed by atoms with E-state index in [0.29, 0.717) is 42.7 Å². The Morgan fingerprint density at radius 1 is 0.952 bits per heavy atom. The van der Waals surface area contributed by atoms with E-state index >= 15 is 0 Å². The van der Waals surface area contributed by atoms with Crippen LogP contribution < -0.4 is 9.64 Å². The molecule has 1 N–H and O–H groups in total. The fraction of sp³-hybridized carbons (Fsp3) is 0.314. The Labute approximate surface area is 248 Å². The average Bonchev–Trinajstić information content (AvgIpc) is 2.95. The molecule has 7 nitrogen and oxygen atoms in total. The maximum absolute atomic E-state index is 10.8. The molecular formula is C35H38N4O3. The summed E-state index contributed by atoms with van der Waals surface area (Å²) in [4.78, 5) is 22.2. The van der Waals surface area contributed by atoms with E-state index < -0.39 is 5.97 Å². The van der Waals surface area contributed by atoms with E-state index in [1.807, 2.05) is 19.1 Å². The zero-order valence-electron chi connectivity index (χ0n) is 25.0. The number of carboxylic acids is 1. The molecule has 0 aliphatic heterocycles. The predicted octanol–water partition coefficient (Wildman–Crippen LogP) is 7.51. The Morgan fingerprint density at radius 3 is 2.40 bits per heavy atom. The van der Waals surface area contributed by atoms with Crippen LogP contribution in [0.4, 0.5) is 5.95 Å². The van der Waals surface area contributed by atoms with Crippen molar-refractivity contribution in [3.05, 3.63) is 106 Å². The van der Waals surface area contributed by atoms with Crippen molar-refractivity contribution in [1.29, 1.82) is 5.26 Å². The van der Waals surface area contributed by atoms with Gasteiger partial charge < -0.3 is 14.7 Å². The maximum atomic E-state index is 10.8. The Balaban J connectivity index is 1.71. The molecule has 0 aliphatic rings. The first-order valence-electron chi connectivity index (χ1n) is 14.3. The van der Waals surface area contributed by atoms with E-state index in [-0.39, 0.29) is 13.0 Å². The summed E-state index contributed by atoms with van der Waals surface area (Å²) in [6.07, 6.45) is 3.71. The molecule has 0 atom stereocenters. The summed E-state index contributed by atoms with van der Waals surface area (Å²) in [5, 5.41) is 18.4. The van der Waals surface area contributed by atoms with Crippen LogP contribution in [-0.4, -0.2) is 27.7 Å². The van der Waals surface area contributed by atoms with Crippen LogP contribution in [0.15, 0.2) is 67.0 Å². The number of carboxylic acid groups (broad SMARTS) is 1. The molecule has 0 bridgehead atoms. The third-order valence-corrected chi connectivity index (χ3v) is 7.18. The van der Waals surface area contributed by atoms with Crippen LogP contribution in [0.5, 0.6) is 5.75 Å². The first-order chi connectivity index (χ1) is 20.1. The van der Waals surface area contributed by atoms with Crippen molar-refractivity contribution >= 4 is 11.9 Å². The van der Waals surface area contributed by atoms with Crippen molar-refractivity contribution in [3.8, 4) is 22.9 Å². The van der Waals surface area contributed by atoms with E-state index in [4.69, 9.17) is 9.84 Å². The van der Waals surface area contributed by atoms with Gasteiger partial charge in [0.15, 0.2) is 5.75 Å². The molecule has 0 spiro atoms. The highest BCUT2D eigenvalue weighted by Crippen LogP contribution is 2.32. The number of aryl methyl sites for hydroxylation is 3. The average molecular weight is 563 g/mol. The number of nitrogens with zero attached hydrogens (tertiary/aromatic N) is 4. The topological polar surface area (TPSA) is 99.3 Å². The molecule has 0 fully saturated rings. The quantitative estimate of drug-likeness (QED) is 0.178. The van der Waals surface area contributed by atoms with Gasteiger partial charge in [0.1, 0.15) is 0 Å². The highest BCUT2D eigenvalue weighted by molar-refractivity contribution is 5.72. The molecule has 3 aromatic carbocycles. The lowest BCUT2D eigenvalue weighted by atomic mass is 9.90. The van der Waals surface area contributed by atoms with E-state index in [1.54, 1.807) is 12.4 Å². The van der Waals surface area contributed by atoms with E-state index in [1.165, 1.54) is 27.8 Å². The minimum absolute atomic E-state index is 0.0479. The summed E-state index contributed by atoms with van der Waals surface area (Å²) < 4.78 is 5.67. The van der Waals surface area contributed by atoms with Crippen LogP contribution in [-0.2, 0) is 17.9 Å². The van der Waals surface area contributed by atoms with E-state index in [2.05, 4.69) is 91.1 Å². The number of anilines is 1. The molecule has 1 heterocycles. The van der Waals surface area contributed by atoms with Gasteiger partial charge in [0, 0.05) is 19.5 Å². The second kappa shape index (κ2) is 13.8. The Hall–Kier alpha value is -4.70. The van der Waals surface area contributed by atoms with Crippen LogP contribution >= 0.6 is 0 Å². The second-order valence-electron chi connectivity index (χ2n) is 11.1. The summed E-state index contributed by atoms with van der Waals surface area (Å²) >= 11 is 0. The SMILES string of the molecule is Cc1cc(C#N)cc(CN(Cc2cc(C)ccc2-c2cc(C(C)C)ccc2C)c2ncc(OCCCC(=O)O)cn2)c1. The van der Waals surface area contributed by atoms with Gasteiger partial charge in [-0.05, 0) is 84.2 Å². The highest BCUT2D eigenvalue weighted by Gasteiger charge is 2.17. The lowest BCUT2D eigenvalue weighted by Crippen LogP contribution is -2.25. The highest BCUT2D eigenvalue weighted by atomic mass is 16.5. The van der Waals surface area contributed by atoms with E-state index in [9.17, 15) is 10.1 Å². The fourth-order valence-electron chi connectivity index (χ4n) is 5.01. The first kappa shape index (κ1) is 30.3. The zero-order chi connectivity index (χ0) is 30.2. The number of carbonyl (C=O) groups is 1. The summed E-state index contributed by atoms with van der Waals surface area (Å²) in [6.45, 7) is 12.0. The van der Waals surface area contributed by atoms with Crippen LogP contribution in [0.3, 0.4) is 0 Å². The van der Waals surface area contributed by atoms with Gasteiger partial charge in [0.05, 0.1) is 30.6 Å². The first-order valence-corrected chi connectivity index (χ1v) is 14.3. The molecule has 1 aromatic heterocycles. The van der Waals surface area contributed by atoms with Gasteiger partial charge >= 0.3 is 5.97 Å². The van der Waals surface area contributed by atoms with Gasteiger partial charge in [-0.1, -0.05) is 61.9 Å². The van der Waals surface area contributed by atoms with Gasteiger partial charge in [-0.3, -0.25) is 4.79 Å². The van der Waals surface area contributed by atoms with Gasteiger partial charge in [0.25, 0.3) is 0 Å². The second-order valence-corrected chi connectivity index (χ2v) is 11.1. The normalized spacial score (nSPS) is 10.9. The number of hydrogen-bond acceptors (Lipinski definition) is 6.